The highest BCUT2D eigenvalue weighted by molar-refractivity contribution is 5.74. The second-order valence-electron chi connectivity index (χ2n) is 3.61. The van der Waals surface area contributed by atoms with Crippen LogP contribution in [0.4, 0.5) is 0 Å². The molecule has 0 saturated carbocycles. The summed E-state index contributed by atoms with van der Waals surface area (Å²) in [5.74, 6) is 0. The Hall–Kier alpha value is -1.96. The first-order chi connectivity index (χ1) is 8.08. The van der Waals surface area contributed by atoms with Crippen LogP contribution in [0.15, 0.2) is 70.5 Å². The third-order valence-electron chi connectivity index (χ3n) is 2.00. The van der Waals surface area contributed by atoms with E-state index < -0.39 is 0 Å². The van der Waals surface area contributed by atoms with Gasteiger partial charge in [0, 0.05) is 12.4 Å². The first-order valence-electron chi connectivity index (χ1n) is 5.39. The molecule has 0 aromatic heterocycles. The molecule has 90 valence electrons. The number of hydrogen-bond acceptors (Lipinski definition) is 2. The molecule has 0 aromatic carbocycles. The first-order valence-corrected chi connectivity index (χ1v) is 5.39. The zero-order valence-corrected chi connectivity index (χ0v) is 10.9. The van der Waals surface area contributed by atoms with Gasteiger partial charge in [-0.1, -0.05) is 38.0 Å². The average molecular weight is 228 g/mol. The Morgan fingerprint density at radius 3 is 1.65 bits per heavy atom. The second kappa shape index (κ2) is 8.22. The van der Waals surface area contributed by atoms with E-state index in [2.05, 4.69) is 29.7 Å². The molecule has 0 aliphatic carbocycles. The Balaban J connectivity index is 5.73. The molecule has 0 aliphatic rings. The van der Waals surface area contributed by atoms with Crippen LogP contribution in [-0.4, -0.2) is 12.4 Å². The highest BCUT2D eigenvalue weighted by Crippen LogP contribution is 2.21. The number of hydrogen-bond donors (Lipinski definition) is 0. The molecule has 2 heteroatoms. The Morgan fingerprint density at radius 1 is 0.824 bits per heavy atom. The van der Waals surface area contributed by atoms with Crippen molar-refractivity contribution in [3.63, 3.8) is 0 Å². The Labute approximate surface area is 104 Å². The lowest BCUT2D eigenvalue weighted by atomic mass is 10.1. The van der Waals surface area contributed by atoms with Gasteiger partial charge in [-0.05, 0) is 31.9 Å². The summed E-state index contributed by atoms with van der Waals surface area (Å²) in [6, 6.07) is 0. The summed E-state index contributed by atoms with van der Waals surface area (Å²) in [4.78, 5) is 8.69. The maximum atomic E-state index is 4.35. The molecule has 0 unspecified atom stereocenters. The van der Waals surface area contributed by atoms with Gasteiger partial charge in [-0.15, -0.1) is 0 Å². The number of nitrogens with zero attached hydrogens (tertiary/aromatic N) is 2. The Bertz CT molecular complexity index is 414. The topological polar surface area (TPSA) is 24.7 Å². The van der Waals surface area contributed by atoms with E-state index in [9.17, 15) is 0 Å². The summed E-state index contributed by atoms with van der Waals surface area (Å²) in [6.07, 6.45) is 8.34. The minimum atomic E-state index is 0.804. The van der Waals surface area contributed by atoms with Crippen molar-refractivity contribution in [2.75, 3.05) is 0 Å². The van der Waals surface area contributed by atoms with E-state index in [1.807, 2.05) is 20.8 Å². The third-order valence-corrected chi connectivity index (χ3v) is 2.00. The maximum Gasteiger partial charge on any atom is 0.0914 e. The zero-order chi connectivity index (χ0) is 13.3. The lowest BCUT2D eigenvalue weighted by molar-refractivity contribution is 1.14. The molecular weight excluding hydrogens is 208 g/mol. The maximum absolute atomic E-state index is 4.35. The zero-order valence-electron chi connectivity index (χ0n) is 10.9. The van der Waals surface area contributed by atoms with Gasteiger partial charge in [0.2, 0.25) is 0 Å². The van der Waals surface area contributed by atoms with Crippen LogP contribution in [0, 0.1) is 0 Å². The highest BCUT2D eigenvalue weighted by atomic mass is 14.8. The molecule has 0 spiro atoms. The fourth-order valence-corrected chi connectivity index (χ4v) is 1.13. The van der Waals surface area contributed by atoms with Gasteiger partial charge < -0.3 is 0 Å². The van der Waals surface area contributed by atoms with Crippen LogP contribution >= 0.6 is 0 Å². The molecule has 0 heterocycles. The van der Waals surface area contributed by atoms with Gasteiger partial charge in [0.1, 0.15) is 0 Å². The minimum absolute atomic E-state index is 0.804. The summed E-state index contributed by atoms with van der Waals surface area (Å²) in [6.45, 7) is 16.9. The van der Waals surface area contributed by atoms with Crippen molar-refractivity contribution in [1.29, 1.82) is 0 Å². The predicted molar refractivity (Wildman–Crippen MR) is 78.6 cm³/mol. The van der Waals surface area contributed by atoms with Crippen LogP contribution < -0.4 is 0 Å². The summed E-state index contributed by atoms with van der Waals surface area (Å²) in [7, 11) is 0. The van der Waals surface area contributed by atoms with Crippen molar-refractivity contribution in [2.24, 2.45) is 9.98 Å². The van der Waals surface area contributed by atoms with Crippen molar-refractivity contribution < 1.29 is 0 Å². The molecule has 0 radical (unpaired) electrons. The summed E-state index contributed by atoms with van der Waals surface area (Å²) in [5.41, 5.74) is 3.69. The molecule has 0 rings (SSSR count). The van der Waals surface area contributed by atoms with Crippen LogP contribution in [0.5, 0.6) is 0 Å². The second-order valence-corrected chi connectivity index (χ2v) is 3.61. The average Bonchev–Trinajstić information content (AvgIpc) is 2.32. The molecule has 2 nitrogen and oxygen atoms in total. The minimum Gasteiger partial charge on any atom is -0.255 e. The Kier molecular flexibility index (Phi) is 7.27. The lowest BCUT2D eigenvalue weighted by Gasteiger charge is -2.07. The van der Waals surface area contributed by atoms with Crippen LogP contribution in [0.3, 0.4) is 0 Å². The van der Waals surface area contributed by atoms with E-state index in [0.717, 1.165) is 22.5 Å². The summed E-state index contributed by atoms with van der Waals surface area (Å²) in [5, 5.41) is 0. The molecule has 0 aromatic rings. The quantitative estimate of drug-likeness (QED) is 0.479. The molecular formula is C15H20N2. The molecule has 0 atom stereocenters. The summed E-state index contributed by atoms with van der Waals surface area (Å²) >= 11 is 0. The molecule has 17 heavy (non-hydrogen) atoms. The van der Waals surface area contributed by atoms with Gasteiger partial charge in [0.25, 0.3) is 0 Å². The van der Waals surface area contributed by atoms with Gasteiger partial charge in [-0.3, -0.25) is 9.98 Å². The van der Waals surface area contributed by atoms with Crippen molar-refractivity contribution in [3.8, 4) is 0 Å². The van der Waals surface area contributed by atoms with Gasteiger partial charge in [-0.25, -0.2) is 0 Å². The summed E-state index contributed by atoms with van der Waals surface area (Å²) < 4.78 is 0. The van der Waals surface area contributed by atoms with Crippen molar-refractivity contribution in [1.82, 2.24) is 0 Å². The fraction of sp³-hybridized carbons (Fsp3) is 0.200. The van der Waals surface area contributed by atoms with Crippen molar-refractivity contribution in [3.05, 3.63) is 60.5 Å². The van der Waals surface area contributed by atoms with Gasteiger partial charge in [0.15, 0.2) is 0 Å². The van der Waals surface area contributed by atoms with Gasteiger partial charge >= 0.3 is 0 Å². The number of rotatable bonds is 6. The van der Waals surface area contributed by atoms with Crippen LogP contribution in [0.2, 0.25) is 0 Å². The smallest absolute Gasteiger partial charge is 0.0914 e. The molecule has 0 amide bonds. The van der Waals surface area contributed by atoms with E-state index in [4.69, 9.17) is 0 Å². The normalized spacial score (nSPS) is 12.4. The van der Waals surface area contributed by atoms with Gasteiger partial charge in [0.05, 0.1) is 11.4 Å². The Morgan fingerprint density at radius 2 is 1.29 bits per heavy atom. The molecule has 0 aliphatic heterocycles. The van der Waals surface area contributed by atoms with E-state index in [1.54, 1.807) is 30.7 Å². The first kappa shape index (κ1) is 15.0. The van der Waals surface area contributed by atoms with Crippen molar-refractivity contribution >= 4 is 12.4 Å². The van der Waals surface area contributed by atoms with E-state index in [0.29, 0.717) is 0 Å². The highest BCUT2D eigenvalue weighted by Gasteiger charge is 2.06. The largest absolute Gasteiger partial charge is 0.255 e. The standard InChI is InChI=1S/C15H20N2/c1-7-10-16-14(12(4)5)15(13(6)9-3)17-11-8-2/h7-11H,1-3H2,4-6H3/b15-13+,16-10?,17-11?. The van der Waals surface area contributed by atoms with E-state index >= 15 is 0 Å². The van der Waals surface area contributed by atoms with Gasteiger partial charge in [-0.2, -0.15) is 0 Å². The molecule has 0 bridgehead atoms. The molecule has 0 fully saturated rings. The van der Waals surface area contributed by atoms with Crippen LogP contribution in [-0.2, 0) is 0 Å². The van der Waals surface area contributed by atoms with Crippen LogP contribution in [0.25, 0.3) is 0 Å². The van der Waals surface area contributed by atoms with Crippen LogP contribution in [0.1, 0.15) is 20.8 Å². The predicted octanol–water partition coefficient (Wildman–Crippen LogP) is 4.25. The van der Waals surface area contributed by atoms with Crippen molar-refractivity contribution in [2.45, 2.75) is 20.8 Å². The number of allylic oxidation sites excluding steroid dienone is 5. The van der Waals surface area contributed by atoms with E-state index in [1.165, 1.54) is 0 Å². The lowest BCUT2D eigenvalue weighted by Crippen LogP contribution is -1.92. The fourth-order valence-electron chi connectivity index (χ4n) is 1.13. The SMILES string of the molecule is C=CC=NC(=C(C)C)/C(N=CC=C)=C(/C)C=C. The number of aliphatic imine (C=N–C) groups is 2. The van der Waals surface area contributed by atoms with E-state index in [-0.39, 0.29) is 0 Å². The molecule has 0 saturated heterocycles. The molecule has 0 N–H and O–H groups in total. The monoisotopic (exact) mass is 228 g/mol. The third kappa shape index (κ3) is 5.07.